The van der Waals surface area contributed by atoms with Gasteiger partial charge in [0.05, 0.1) is 6.20 Å². The maximum atomic E-state index is 5.48. The van der Waals surface area contributed by atoms with Gasteiger partial charge in [0.1, 0.15) is 12.4 Å². The quantitative estimate of drug-likeness (QED) is 0.829. The zero-order chi connectivity index (χ0) is 11.4. The predicted octanol–water partition coefficient (Wildman–Crippen LogP) is 1.19. The third kappa shape index (κ3) is 2.51. The fraction of sp³-hybridized carbons (Fsp3) is 0.583. The van der Waals surface area contributed by atoms with E-state index in [-0.39, 0.29) is 0 Å². The van der Waals surface area contributed by atoms with Crippen LogP contribution in [0.25, 0.3) is 0 Å². The largest absolute Gasteiger partial charge is 0.491 e. The van der Waals surface area contributed by atoms with E-state index in [1.54, 1.807) is 6.20 Å². The molecule has 1 unspecified atom stereocenters. The molecule has 1 saturated heterocycles. The van der Waals surface area contributed by atoms with Crippen molar-refractivity contribution in [1.29, 1.82) is 0 Å². The molecular formula is C12H19N3O. The lowest BCUT2D eigenvalue weighted by Crippen LogP contribution is -2.17. The molecule has 88 valence electrons. The zero-order valence-corrected chi connectivity index (χ0v) is 9.72. The highest BCUT2D eigenvalue weighted by atomic mass is 16.5. The van der Waals surface area contributed by atoms with E-state index < -0.39 is 0 Å². The van der Waals surface area contributed by atoms with Crippen LogP contribution >= 0.6 is 0 Å². The first-order valence-corrected chi connectivity index (χ1v) is 5.79. The zero-order valence-electron chi connectivity index (χ0n) is 9.72. The molecule has 1 aliphatic heterocycles. The number of nitrogens with zero attached hydrogens (tertiary/aromatic N) is 2. The Bertz CT molecular complexity index is 343. The number of hydrogen-bond donors (Lipinski definition) is 1. The van der Waals surface area contributed by atoms with Crippen molar-refractivity contribution < 1.29 is 4.74 Å². The second kappa shape index (κ2) is 5.27. The van der Waals surface area contributed by atoms with E-state index in [1.165, 1.54) is 24.9 Å². The molecule has 1 fully saturated rings. The van der Waals surface area contributed by atoms with Crippen LogP contribution in [-0.2, 0) is 0 Å². The molecule has 0 spiro atoms. The lowest BCUT2D eigenvalue weighted by Gasteiger charge is -2.19. The van der Waals surface area contributed by atoms with E-state index in [4.69, 9.17) is 10.5 Å². The minimum atomic E-state index is 0.494. The highest BCUT2D eigenvalue weighted by molar-refractivity contribution is 5.26. The van der Waals surface area contributed by atoms with E-state index in [0.29, 0.717) is 19.2 Å². The van der Waals surface area contributed by atoms with Gasteiger partial charge >= 0.3 is 0 Å². The van der Waals surface area contributed by atoms with Crippen LogP contribution in [0.3, 0.4) is 0 Å². The molecule has 4 heteroatoms. The van der Waals surface area contributed by atoms with E-state index in [1.807, 2.05) is 6.20 Å². The molecule has 0 aliphatic carbocycles. The van der Waals surface area contributed by atoms with Crippen molar-refractivity contribution in [2.45, 2.75) is 18.9 Å². The Labute approximate surface area is 96.4 Å². The number of pyridine rings is 1. The molecule has 2 N–H and O–H groups in total. The summed E-state index contributed by atoms with van der Waals surface area (Å²) in [6, 6.07) is 2.57. The average Bonchev–Trinajstić information content (AvgIpc) is 2.73. The Morgan fingerprint density at radius 2 is 2.44 bits per heavy atom. The van der Waals surface area contributed by atoms with E-state index in [9.17, 15) is 0 Å². The summed E-state index contributed by atoms with van der Waals surface area (Å²) in [5.74, 6) is 0.822. The summed E-state index contributed by atoms with van der Waals surface area (Å²) in [6.07, 6.45) is 6.14. The molecule has 1 atom stereocenters. The lowest BCUT2D eigenvalue weighted by molar-refractivity contribution is 0.309. The third-order valence-electron chi connectivity index (χ3n) is 3.03. The van der Waals surface area contributed by atoms with E-state index in [2.05, 4.69) is 23.0 Å². The standard InChI is InChI=1S/C12H19N3O/c1-15-5-2-3-12(15)10-7-11(9-14-8-10)16-6-4-13/h7-9,12H,2-6,13H2,1H3. The average molecular weight is 221 g/mol. The van der Waals surface area contributed by atoms with Crippen LogP contribution in [0.15, 0.2) is 18.5 Å². The second-order valence-corrected chi connectivity index (χ2v) is 4.23. The van der Waals surface area contributed by atoms with Gasteiger partial charge < -0.3 is 10.5 Å². The number of likely N-dealkylation sites (tertiary alicyclic amines) is 1. The van der Waals surface area contributed by atoms with Gasteiger partial charge in [0, 0.05) is 18.8 Å². The molecule has 1 aromatic heterocycles. The summed E-state index contributed by atoms with van der Waals surface area (Å²) in [6.45, 7) is 2.25. The second-order valence-electron chi connectivity index (χ2n) is 4.23. The number of rotatable bonds is 4. The summed E-state index contributed by atoms with van der Waals surface area (Å²) in [7, 11) is 2.16. The van der Waals surface area contributed by atoms with Crippen LogP contribution in [0.2, 0.25) is 0 Å². The first-order chi connectivity index (χ1) is 7.81. The molecule has 1 aliphatic rings. The van der Waals surface area contributed by atoms with Crippen molar-refractivity contribution in [2.75, 3.05) is 26.7 Å². The van der Waals surface area contributed by atoms with Crippen molar-refractivity contribution in [1.82, 2.24) is 9.88 Å². The fourth-order valence-corrected chi connectivity index (χ4v) is 2.20. The number of hydrogen-bond acceptors (Lipinski definition) is 4. The van der Waals surface area contributed by atoms with E-state index >= 15 is 0 Å². The molecule has 0 aromatic carbocycles. The van der Waals surface area contributed by atoms with Crippen molar-refractivity contribution in [3.63, 3.8) is 0 Å². The maximum Gasteiger partial charge on any atom is 0.137 e. The van der Waals surface area contributed by atoms with Gasteiger partial charge in [0.25, 0.3) is 0 Å². The summed E-state index contributed by atoms with van der Waals surface area (Å²) in [5, 5.41) is 0. The molecule has 0 radical (unpaired) electrons. The van der Waals surface area contributed by atoms with Gasteiger partial charge in [0.2, 0.25) is 0 Å². The highest BCUT2D eigenvalue weighted by Crippen LogP contribution is 2.31. The van der Waals surface area contributed by atoms with E-state index in [0.717, 1.165) is 5.75 Å². The molecule has 1 aromatic rings. The molecule has 16 heavy (non-hydrogen) atoms. The lowest BCUT2D eigenvalue weighted by atomic mass is 10.1. The summed E-state index contributed by atoms with van der Waals surface area (Å²) >= 11 is 0. The van der Waals surface area contributed by atoms with Crippen LogP contribution in [0.4, 0.5) is 0 Å². The van der Waals surface area contributed by atoms with Gasteiger partial charge in [-0.25, -0.2) is 0 Å². The van der Waals surface area contributed by atoms with Crippen molar-refractivity contribution in [3.8, 4) is 5.75 Å². The van der Waals surface area contributed by atoms with Crippen molar-refractivity contribution in [3.05, 3.63) is 24.0 Å². The Balaban J connectivity index is 2.09. The number of ether oxygens (including phenoxy) is 1. The minimum absolute atomic E-state index is 0.494. The smallest absolute Gasteiger partial charge is 0.137 e. The van der Waals surface area contributed by atoms with Crippen LogP contribution < -0.4 is 10.5 Å². The first-order valence-electron chi connectivity index (χ1n) is 5.79. The molecular weight excluding hydrogens is 202 g/mol. The van der Waals surface area contributed by atoms with Gasteiger partial charge in [-0.3, -0.25) is 9.88 Å². The van der Waals surface area contributed by atoms with Crippen molar-refractivity contribution >= 4 is 0 Å². The summed E-state index contributed by atoms with van der Waals surface area (Å²) in [5.41, 5.74) is 6.65. The van der Waals surface area contributed by atoms with Gasteiger partial charge in [0.15, 0.2) is 0 Å². The Hall–Kier alpha value is -1.13. The van der Waals surface area contributed by atoms with Crippen molar-refractivity contribution in [2.24, 2.45) is 5.73 Å². The van der Waals surface area contributed by atoms with Crippen LogP contribution in [-0.4, -0.2) is 36.6 Å². The SMILES string of the molecule is CN1CCCC1c1cncc(OCCN)c1. The fourth-order valence-electron chi connectivity index (χ4n) is 2.20. The normalized spacial score (nSPS) is 21.2. The molecule has 0 amide bonds. The maximum absolute atomic E-state index is 5.48. The first kappa shape index (κ1) is 11.4. The molecule has 0 bridgehead atoms. The Morgan fingerprint density at radius 1 is 1.56 bits per heavy atom. The third-order valence-corrected chi connectivity index (χ3v) is 3.03. The molecule has 2 rings (SSSR count). The number of nitrogens with two attached hydrogens (primary N) is 1. The van der Waals surface area contributed by atoms with Gasteiger partial charge in [-0.15, -0.1) is 0 Å². The van der Waals surface area contributed by atoms with Gasteiger partial charge in [-0.05, 0) is 38.1 Å². The predicted molar refractivity (Wildman–Crippen MR) is 63.4 cm³/mol. The molecule has 0 saturated carbocycles. The molecule has 2 heterocycles. The van der Waals surface area contributed by atoms with Crippen LogP contribution in [0.1, 0.15) is 24.4 Å². The topological polar surface area (TPSA) is 51.4 Å². The van der Waals surface area contributed by atoms with Gasteiger partial charge in [-0.2, -0.15) is 0 Å². The summed E-state index contributed by atoms with van der Waals surface area (Å²) in [4.78, 5) is 6.59. The Morgan fingerprint density at radius 3 is 3.12 bits per heavy atom. The minimum Gasteiger partial charge on any atom is -0.491 e. The Kier molecular flexibility index (Phi) is 3.74. The number of aromatic nitrogens is 1. The summed E-state index contributed by atoms with van der Waals surface area (Å²) < 4.78 is 5.48. The monoisotopic (exact) mass is 221 g/mol. The van der Waals surface area contributed by atoms with Gasteiger partial charge in [-0.1, -0.05) is 0 Å². The molecule has 4 nitrogen and oxygen atoms in total. The highest BCUT2D eigenvalue weighted by Gasteiger charge is 2.22. The van der Waals surface area contributed by atoms with Crippen LogP contribution in [0, 0.1) is 0 Å². The van der Waals surface area contributed by atoms with Crippen LogP contribution in [0.5, 0.6) is 5.75 Å².